The van der Waals surface area contributed by atoms with Crippen molar-refractivity contribution in [1.29, 1.82) is 0 Å². The van der Waals surface area contributed by atoms with E-state index >= 15 is 0 Å². The van der Waals surface area contributed by atoms with Gasteiger partial charge in [0, 0.05) is 10.7 Å². The summed E-state index contributed by atoms with van der Waals surface area (Å²) in [6, 6.07) is 0. The first kappa shape index (κ1) is 18.5. The standard InChI is InChI=1S/C8H19O3P.HO3P/c1-3-5-6-7-8-12(9,10)11-4-2;1-4(2)3/h3-8H2,1-2H3,(H,9,10);(H-,1,2,3)/p+1. The predicted molar refractivity (Wildman–Crippen MR) is 62.5 cm³/mol. The van der Waals surface area contributed by atoms with Crippen LogP contribution in [0.4, 0.5) is 0 Å². The van der Waals surface area contributed by atoms with Crippen LogP contribution in [0, 0.1) is 0 Å². The maximum Gasteiger partial charge on any atom is 0.692 e. The lowest BCUT2D eigenvalue weighted by Crippen LogP contribution is -1.94. The molecule has 6 nitrogen and oxygen atoms in total. The van der Waals surface area contributed by atoms with E-state index in [1.807, 2.05) is 0 Å². The van der Waals surface area contributed by atoms with Crippen LogP contribution >= 0.6 is 15.9 Å². The van der Waals surface area contributed by atoms with Crippen molar-refractivity contribution in [3.63, 3.8) is 0 Å². The fourth-order valence-corrected chi connectivity index (χ4v) is 2.16. The molecule has 0 rings (SSSR count). The molecule has 98 valence electrons. The van der Waals surface area contributed by atoms with Crippen molar-refractivity contribution in [2.45, 2.75) is 39.5 Å². The second-order valence-electron chi connectivity index (χ2n) is 3.09. The largest absolute Gasteiger partial charge is 0.692 e. The summed E-state index contributed by atoms with van der Waals surface area (Å²) in [6.07, 6.45) is 4.40. The third kappa shape index (κ3) is 19.7. The molecule has 1 unspecified atom stereocenters. The zero-order chi connectivity index (χ0) is 13.0. The van der Waals surface area contributed by atoms with Crippen LogP contribution in [0.1, 0.15) is 39.5 Å². The Labute approximate surface area is 97.1 Å². The maximum absolute atomic E-state index is 11.1. The van der Waals surface area contributed by atoms with E-state index in [0.717, 1.165) is 25.7 Å². The molecule has 16 heavy (non-hydrogen) atoms. The molecule has 0 fully saturated rings. The lowest BCUT2D eigenvalue weighted by Gasteiger charge is -2.09. The van der Waals surface area contributed by atoms with Gasteiger partial charge in [0.1, 0.15) is 0 Å². The summed E-state index contributed by atoms with van der Waals surface area (Å²) in [5.74, 6) is 0. The van der Waals surface area contributed by atoms with Crippen LogP contribution in [0.3, 0.4) is 0 Å². The molecular formula is C8H21O6P2+. The quantitative estimate of drug-likeness (QED) is 0.487. The van der Waals surface area contributed by atoms with Gasteiger partial charge in [0.2, 0.25) is 0 Å². The SMILES string of the molecule is CCCCCCP(=O)(O)OCC.O=[P+](O)O. The van der Waals surface area contributed by atoms with Crippen LogP contribution in [0.2, 0.25) is 0 Å². The van der Waals surface area contributed by atoms with Crippen molar-refractivity contribution < 1.29 is 28.3 Å². The second kappa shape index (κ2) is 11.6. The lowest BCUT2D eigenvalue weighted by atomic mass is 10.2. The molecule has 0 radical (unpaired) electrons. The smallest absolute Gasteiger partial charge is 0.324 e. The van der Waals surface area contributed by atoms with Crippen molar-refractivity contribution in [2.24, 2.45) is 0 Å². The molecule has 0 bridgehead atoms. The first-order chi connectivity index (χ1) is 7.35. The zero-order valence-electron chi connectivity index (χ0n) is 9.70. The minimum Gasteiger partial charge on any atom is -0.324 e. The van der Waals surface area contributed by atoms with Gasteiger partial charge >= 0.3 is 15.9 Å². The maximum atomic E-state index is 11.1. The Bertz CT molecular complexity index is 217. The van der Waals surface area contributed by atoms with E-state index in [0.29, 0.717) is 12.8 Å². The summed E-state index contributed by atoms with van der Waals surface area (Å²) < 4.78 is 24.5. The van der Waals surface area contributed by atoms with Crippen LogP contribution in [0.5, 0.6) is 0 Å². The molecule has 0 aromatic carbocycles. The van der Waals surface area contributed by atoms with Crippen molar-refractivity contribution >= 4 is 15.9 Å². The second-order valence-corrected chi connectivity index (χ2v) is 5.58. The first-order valence-electron chi connectivity index (χ1n) is 5.17. The molecule has 0 aliphatic rings. The summed E-state index contributed by atoms with van der Waals surface area (Å²) in [4.78, 5) is 23.4. The Hall–Kier alpha value is 0.170. The van der Waals surface area contributed by atoms with Gasteiger partial charge in [0.15, 0.2) is 0 Å². The Morgan fingerprint density at radius 1 is 1.19 bits per heavy atom. The van der Waals surface area contributed by atoms with E-state index in [2.05, 4.69) is 6.92 Å². The molecule has 0 aliphatic heterocycles. The van der Waals surface area contributed by atoms with Gasteiger partial charge in [-0.3, -0.25) is 4.57 Å². The van der Waals surface area contributed by atoms with Crippen molar-refractivity contribution in [1.82, 2.24) is 0 Å². The topological polar surface area (TPSA) is 104 Å². The van der Waals surface area contributed by atoms with Crippen LogP contribution in [-0.4, -0.2) is 27.4 Å². The van der Waals surface area contributed by atoms with Gasteiger partial charge in [-0.25, -0.2) is 0 Å². The molecule has 3 N–H and O–H groups in total. The Kier molecular flexibility index (Phi) is 13.5. The number of hydrogen-bond acceptors (Lipinski definition) is 3. The van der Waals surface area contributed by atoms with E-state index in [-0.39, 0.29) is 0 Å². The molecular weight excluding hydrogens is 254 g/mol. The fraction of sp³-hybridized carbons (Fsp3) is 1.00. The van der Waals surface area contributed by atoms with Gasteiger partial charge in [0.25, 0.3) is 0 Å². The molecule has 0 aliphatic carbocycles. The van der Waals surface area contributed by atoms with Gasteiger partial charge in [-0.05, 0) is 13.3 Å². The molecule has 8 heteroatoms. The summed E-state index contributed by atoms with van der Waals surface area (Å²) in [5.41, 5.74) is 0. The average molecular weight is 275 g/mol. The Balaban J connectivity index is 0. The van der Waals surface area contributed by atoms with Crippen LogP contribution in [0.25, 0.3) is 0 Å². The first-order valence-corrected chi connectivity index (χ1v) is 8.09. The minimum absolute atomic E-state index is 0.306. The molecule has 0 amide bonds. The highest BCUT2D eigenvalue weighted by Gasteiger charge is 2.16. The highest BCUT2D eigenvalue weighted by molar-refractivity contribution is 7.52. The highest BCUT2D eigenvalue weighted by atomic mass is 31.2. The fourth-order valence-electron chi connectivity index (χ4n) is 1.00. The lowest BCUT2D eigenvalue weighted by molar-refractivity contribution is 0.272. The molecule has 0 aromatic heterocycles. The highest BCUT2D eigenvalue weighted by Crippen LogP contribution is 2.42. The predicted octanol–water partition coefficient (Wildman–Crippen LogP) is 2.42. The van der Waals surface area contributed by atoms with E-state index in [1.165, 1.54) is 0 Å². The van der Waals surface area contributed by atoms with Gasteiger partial charge in [0.05, 0.1) is 6.61 Å². The molecule has 1 atom stereocenters. The molecule has 0 saturated carbocycles. The van der Waals surface area contributed by atoms with Gasteiger partial charge in [-0.1, -0.05) is 26.2 Å². The Morgan fingerprint density at radius 2 is 1.69 bits per heavy atom. The molecule has 0 aromatic rings. The van der Waals surface area contributed by atoms with E-state index in [9.17, 15) is 4.57 Å². The molecule has 0 heterocycles. The molecule has 0 saturated heterocycles. The van der Waals surface area contributed by atoms with Gasteiger partial charge in [-0.15, -0.1) is 9.79 Å². The third-order valence-electron chi connectivity index (χ3n) is 1.63. The van der Waals surface area contributed by atoms with E-state index in [1.54, 1.807) is 6.92 Å². The normalized spacial score (nSPS) is 13.6. The number of rotatable bonds is 7. The van der Waals surface area contributed by atoms with Crippen molar-refractivity contribution in [3.8, 4) is 0 Å². The summed E-state index contributed by atoms with van der Waals surface area (Å²) >= 11 is 0. The van der Waals surface area contributed by atoms with E-state index in [4.69, 9.17) is 23.8 Å². The van der Waals surface area contributed by atoms with Crippen LogP contribution in [0.15, 0.2) is 0 Å². The van der Waals surface area contributed by atoms with Gasteiger partial charge < -0.3 is 9.42 Å². The molecule has 0 spiro atoms. The monoisotopic (exact) mass is 275 g/mol. The minimum atomic E-state index is -3.23. The van der Waals surface area contributed by atoms with E-state index < -0.39 is 15.9 Å². The number of hydrogen-bond donors (Lipinski definition) is 3. The third-order valence-corrected chi connectivity index (χ3v) is 3.17. The summed E-state index contributed by atoms with van der Waals surface area (Å²) in [6.45, 7) is 4.16. The average Bonchev–Trinajstić information content (AvgIpc) is 2.11. The summed E-state index contributed by atoms with van der Waals surface area (Å²) in [7, 11) is -6.10. The summed E-state index contributed by atoms with van der Waals surface area (Å²) in [5, 5.41) is 0. The zero-order valence-corrected chi connectivity index (χ0v) is 11.5. The van der Waals surface area contributed by atoms with Crippen LogP contribution < -0.4 is 0 Å². The number of unbranched alkanes of at least 4 members (excludes halogenated alkanes) is 3. The van der Waals surface area contributed by atoms with Crippen molar-refractivity contribution in [2.75, 3.05) is 12.8 Å². The Morgan fingerprint density at radius 3 is 2.06 bits per heavy atom. The van der Waals surface area contributed by atoms with Crippen LogP contribution in [-0.2, 0) is 13.7 Å². The van der Waals surface area contributed by atoms with Crippen molar-refractivity contribution in [3.05, 3.63) is 0 Å². The van der Waals surface area contributed by atoms with Gasteiger partial charge in [-0.2, -0.15) is 0 Å².